The molecule has 124 valence electrons. The maximum Gasteiger partial charge on any atom is 0.146 e. The Morgan fingerprint density at radius 1 is 1.04 bits per heavy atom. The minimum Gasteiger partial charge on any atom is -0.505 e. The lowest BCUT2D eigenvalue weighted by atomic mass is 10.1. The normalized spacial score (nSPS) is 11.1. The zero-order valence-electron chi connectivity index (χ0n) is 13.8. The van der Waals surface area contributed by atoms with E-state index in [-0.39, 0.29) is 11.6 Å². The van der Waals surface area contributed by atoms with E-state index in [4.69, 9.17) is 0 Å². The van der Waals surface area contributed by atoms with Crippen LogP contribution in [0.15, 0.2) is 66.9 Å². The van der Waals surface area contributed by atoms with Gasteiger partial charge in [0.2, 0.25) is 0 Å². The minimum atomic E-state index is -0.274. The van der Waals surface area contributed by atoms with Crippen molar-refractivity contribution in [3.05, 3.63) is 78.4 Å². The summed E-state index contributed by atoms with van der Waals surface area (Å²) >= 11 is 0. The second-order valence-electron chi connectivity index (χ2n) is 5.91. The van der Waals surface area contributed by atoms with Gasteiger partial charge in [-0.1, -0.05) is 25.1 Å². The standard InChI is InChI=1S/C21H17FN2O/c1-2-18-21(25)17-12-19(14-8-10-15(22)11-9-14)24(20(17)13-23-18)16-6-4-3-5-7-16/h3-13,25H,2H2,1H3. The summed E-state index contributed by atoms with van der Waals surface area (Å²) in [6.07, 6.45) is 2.44. The van der Waals surface area contributed by atoms with Gasteiger partial charge in [0.15, 0.2) is 0 Å². The van der Waals surface area contributed by atoms with Crippen molar-refractivity contribution in [2.24, 2.45) is 0 Å². The second kappa shape index (κ2) is 6.06. The third-order valence-electron chi connectivity index (χ3n) is 4.40. The first-order valence-electron chi connectivity index (χ1n) is 8.22. The van der Waals surface area contributed by atoms with Gasteiger partial charge in [0.25, 0.3) is 0 Å². The third kappa shape index (κ3) is 2.56. The maximum atomic E-state index is 13.3. The molecule has 0 aliphatic heterocycles. The number of aromatic hydroxyl groups is 1. The molecule has 3 nitrogen and oxygen atoms in total. The van der Waals surface area contributed by atoms with Crippen molar-refractivity contribution in [2.75, 3.05) is 0 Å². The quantitative estimate of drug-likeness (QED) is 0.567. The molecule has 2 aromatic carbocycles. The van der Waals surface area contributed by atoms with Crippen LogP contribution < -0.4 is 0 Å². The van der Waals surface area contributed by atoms with Gasteiger partial charge in [-0.2, -0.15) is 0 Å². The van der Waals surface area contributed by atoms with E-state index in [0.29, 0.717) is 12.1 Å². The van der Waals surface area contributed by atoms with E-state index < -0.39 is 0 Å². The minimum absolute atomic E-state index is 0.207. The average molecular weight is 332 g/mol. The molecule has 0 radical (unpaired) electrons. The van der Waals surface area contributed by atoms with Crippen LogP contribution in [-0.4, -0.2) is 14.7 Å². The molecular formula is C21H17FN2O. The first-order valence-corrected chi connectivity index (χ1v) is 8.22. The molecule has 0 fully saturated rings. The predicted octanol–water partition coefficient (Wildman–Crippen LogP) is 5.10. The Balaban J connectivity index is 2.07. The van der Waals surface area contributed by atoms with Crippen molar-refractivity contribution in [1.82, 2.24) is 9.55 Å². The van der Waals surface area contributed by atoms with Crippen molar-refractivity contribution >= 4 is 10.9 Å². The van der Waals surface area contributed by atoms with E-state index in [1.165, 1.54) is 12.1 Å². The number of para-hydroxylation sites is 1. The van der Waals surface area contributed by atoms with Gasteiger partial charge in [0.1, 0.15) is 11.6 Å². The topological polar surface area (TPSA) is 38.0 Å². The molecule has 4 rings (SSSR count). The van der Waals surface area contributed by atoms with Crippen LogP contribution in [0.1, 0.15) is 12.6 Å². The van der Waals surface area contributed by atoms with Crippen LogP contribution in [0.5, 0.6) is 5.75 Å². The van der Waals surface area contributed by atoms with Gasteiger partial charge in [-0.25, -0.2) is 4.39 Å². The molecule has 0 saturated heterocycles. The molecule has 25 heavy (non-hydrogen) atoms. The maximum absolute atomic E-state index is 13.3. The lowest BCUT2D eigenvalue weighted by Gasteiger charge is -2.11. The van der Waals surface area contributed by atoms with Crippen LogP contribution in [0.4, 0.5) is 4.39 Å². The fraction of sp³-hybridized carbons (Fsp3) is 0.0952. The van der Waals surface area contributed by atoms with Gasteiger partial charge in [0, 0.05) is 11.1 Å². The summed E-state index contributed by atoms with van der Waals surface area (Å²) in [6.45, 7) is 1.96. The molecule has 2 aromatic heterocycles. The summed E-state index contributed by atoms with van der Waals surface area (Å²) in [4.78, 5) is 4.40. The highest BCUT2D eigenvalue weighted by Crippen LogP contribution is 2.36. The fourth-order valence-corrected chi connectivity index (χ4v) is 3.15. The average Bonchev–Trinajstić information content (AvgIpc) is 3.04. The molecule has 0 amide bonds. The van der Waals surface area contributed by atoms with E-state index >= 15 is 0 Å². The summed E-state index contributed by atoms with van der Waals surface area (Å²) in [6, 6.07) is 18.2. The molecule has 2 heterocycles. The fourth-order valence-electron chi connectivity index (χ4n) is 3.15. The number of benzene rings is 2. The molecule has 0 aliphatic rings. The molecule has 0 unspecified atom stereocenters. The number of nitrogens with zero attached hydrogens (tertiary/aromatic N) is 2. The zero-order chi connectivity index (χ0) is 17.4. The predicted molar refractivity (Wildman–Crippen MR) is 97.5 cm³/mol. The molecule has 1 N–H and O–H groups in total. The Kier molecular flexibility index (Phi) is 3.73. The largest absolute Gasteiger partial charge is 0.505 e. The molecule has 0 aliphatic carbocycles. The highest BCUT2D eigenvalue weighted by molar-refractivity contribution is 5.93. The number of hydrogen-bond acceptors (Lipinski definition) is 2. The van der Waals surface area contributed by atoms with E-state index in [0.717, 1.165) is 27.8 Å². The van der Waals surface area contributed by atoms with Crippen molar-refractivity contribution in [3.8, 4) is 22.7 Å². The lowest BCUT2D eigenvalue weighted by molar-refractivity contribution is 0.471. The summed E-state index contributed by atoms with van der Waals surface area (Å²) in [5, 5.41) is 11.3. The van der Waals surface area contributed by atoms with Gasteiger partial charge >= 0.3 is 0 Å². The monoisotopic (exact) mass is 332 g/mol. The molecule has 0 bridgehead atoms. The summed E-state index contributed by atoms with van der Waals surface area (Å²) in [5.74, 6) is -0.0676. The van der Waals surface area contributed by atoms with Crippen molar-refractivity contribution < 1.29 is 9.50 Å². The van der Waals surface area contributed by atoms with Crippen LogP contribution in [0, 0.1) is 5.82 Å². The molecular weight excluding hydrogens is 315 g/mol. The Hall–Kier alpha value is -3.14. The van der Waals surface area contributed by atoms with Gasteiger partial charge in [-0.05, 0) is 54.4 Å². The molecule has 0 saturated carbocycles. The Morgan fingerprint density at radius 2 is 1.76 bits per heavy atom. The Morgan fingerprint density at radius 3 is 2.44 bits per heavy atom. The first-order chi connectivity index (χ1) is 12.2. The number of aromatic nitrogens is 2. The highest BCUT2D eigenvalue weighted by Gasteiger charge is 2.17. The van der Waals surface area contributed by atoms with Crippen LogP contribution in [0.25, 0.3) is 27.8 Å². The van der Waals surface area contributed by atoms with Crippen LogP contribution in [0.2, 0.25) is 0 Å². The number of rotatable bonds is 3. The molecule has 0 atom stereocenters. The van der Waals surface area contributed by atoms with E-state index in [1.807, 2.05) is 47.9 Å². The molecule has 0 spiro atoms. The first kappa shape index (κ1) is 15.4. The molecule has 4 aromatic rings. The van der Waals surface area contributed by atoms with E-state index in [2.05, 4.69) is 4.98 Å². The highest BCUT2D eigenvalue weighted by atomic mass is 19.1. The van der Waals surface area contributed by atoms with E-state index in [1.54, 1.807) is 18.3 Å². The summed E-state index contributed by atoms with van der Waals surface area (Å²) in [7, 11) is 0. The van der Waals surface area contributed by atoms with Crippen LogP contribution >= 0.6 is 0 Å². The third-order valence-corrected chi connectivity index (χ3v) is 4.40. The van der Waals surface area contributed by atoms with Crippen molar-refractivity contribution in [2.45, 2.75) is 13.3 Å². The number of halogens is 1. The van der Waals surface area contributed by atoms with Gasteiger partial charge in [0.05, 0.1) is 23.1 Å². The lowest BCUT2D eigenvalue weighted by Crippen LogP contribution is -1.97. The Labute approximate surface area is 145 Å². The van der Waals surface area contributed by atoms with Crippen LogP contribution in [-0.2, 0) is 6.42 Å². The SMILES string of the molecule is CCc1ncc2c(cc(-c3ccc(F)cc3)n2-c2ccccc2)c1O. The summed E-state index contributed by atoms with van der Waals surface area (Å²) in [5.41, 5.74) is 4.20. The Bertz CT molecular complexity index is 1040. The summed E-state index contributed by atoms with van der Waals surface area (Å²) < 4.78 is 15.4. The van der Waals surface area contributed by atoms with Gasteiger partial charge < -0.3 is 9.67 Å². The van der Waals surface area contributed by atoms with Crippen molar-refractivity contribution in [3.63, 3.8) is 0 Å². The van der Waals surface area contributed by atoms with E-state index in [9.17, 15) is 9.50 Å². The van der Waals surface area contributed by atoms with Crippen LogP contribution in [0.3, 0.4) is 0 Å². The smallest absolute Gasteiger partial charge is 0.146 e. The number of fused-ring (bicyclic) bond motifs is 1. The zero-order valence-corrected chi connectivity index (χ0v) is 13.8. The van der Waals surface area contributed by atoms with Gasteiger partial charge in [-0.3, -0.25) is 4.98 Å². The van der Waals surface area contributed by atoms with Gasteiger partial charge in [-0.15, -0.1) is 0 Å². The number of aryl methyl sites for hydroxylation is 1. The van der Waals surface area contributed by atoms with Crippen molar-refractivity contribution in [1.29, 1.82) is 0 Å². The second-order valence-corrected chi connectivity index (χ2v) is 5.91. The number of hydrogen-bond donors (Lipinski definition) is 1. The molecule has 4 heteroatoms. The number of pyridine rings is 1.